The smallest absolute Gasteiger partial charge is 0.123 e. The van der Waals surface area contributed by atoms with Crippen LogP contribution < -0.4 is 5.73 Å². The minimum absolute atomic E-state index is 0.198. The molecule has 0 saturated carbocycles. The monoisotopic (exact) mass is 250 g/mol. The molecular formula is C13H15FN2S. The van der Waals surface area contributed by atoms with Gasteiger partial charge < -0.3 is 5.73 Å². The van der Waals surface area contributed by atoms with Crippen LogP contribution in [0.5, 0.6) is 0 Å². The summed E-state index contributed by atoms with van der Waals surface area (Å²) in [7, 11) is 0. The third kappa shape index (κ3) is 2.90. The number of nitrogens with zero attached hydrogens (tertiary/aromatic N) is 1. The first kappa shape index (κ1) is 12.2. The molecule has 0 radical (unpaired) electrons. The predicted octanol–water partition coefficient (Wildman–Crippen LogP) is 3.14. The molecule has 2 N–H and O–H groups in total. The number of hydrogen-bond acceptors (Lipinski definition) is 3. The van der Waals surface area contributed by atoms with E-state index < -0.39 is 0 Å². The van der Waals surface area contributed by atoms with Crippen molar-refractivity contribution in [3.8, 4) is 0 Å². The third-order valence-corrected chi connectivity index (χ3v) is 3.69. The first-order valence-electron chi connectivity index (χ1n) is 5.49. The zero-order valence-electron chi connectivity index (χ0n) is 9.90. The molecule has 0 amide bonds. The molecule has 0 aliphatic carbocycles. The van der Waals surface area contributed by atoms with Crippen molar-refractivity contribution in [2.75, 3.05) is 0 Å². The fourth-order valence-corrected chi connectivity index (χ4v) is 2.64. The molecule has 0 aliphatic rings. The summed E-state index contributed by atoms with van der Waals surface area (Å²) in [5, 5.41) is 3.00. The number of aromatic nitrogens is 1. The fraction of sp³-hybridized carbons (Fsp3) is 0.308. The van der Waals surface area contributed by atoms with Crippen molar-refractivity contribution in [2.24, 2.45) is 5.73 Å². The lowest BCUT2D eigenvalue weighted by Crippen LogP contribution is -2.14. The van der Waals surface area contributed by atoms with Crippen molar-refractivity contribution in [3.63, 3.8) is 0 Å². The SMILES string of the molecule is Cc1csc(CC(N)c2cc(F)ccc2C)n1. The first-order chi connectivity index (χ1) is 8.06. The largest absolute Gasteiger partial charge is 0.324 e. The molecule has 1 unspecified atom stereocenters. The Balaban J connectivity index is 2.19. The number of thiazole rings is 1. The summed E-state index contributed by atoms with van der Waals surface area (Å²) in [6.07, 6.45) is 0.656. The van der Waals surface area contributed by atoms with Gasteiger partial charge in [-0.05, 0) is 37.1 Å². The van der Waals surface area contributed by atoms with Crippen LogP contribution in [0, 0.1) is 19.7 Å². The van der Waals surface area contributed by atoms with Crippen LogP contribution in [0.4, 0.5) is 4.39 Å². The average molecular weight is 250 g/mol. The van der Waals surface area contributed by atoms with Crippen molar-refractivity contribution in [1.29, 1.82) is 0 Å². The molecule has 4 heteroatoms. The lowest BCUT2D eigenvalue weighted by Gasteiger charge is -2.13. The van der Waals surface area contributed by atoms with Gasteiger partial charge in [-0.1, -0.05) is 6.07 Å². The fourth-order valence-electron chi connectivity index (χ4n) is 1.81. The molecule has 2 rings (SSSR count). The van der Waals surface area contributed by atoms with Crippen LogP contribution in [-0.2, 0) is 6.42 Å². The molecule has 90 valence electrons. The molecule has 0 spiro atoms. The molecule has 17 heavy (non-hydrogen) atoms. The van der Waals surface area contributed by atoms with Crippen LogP contribution in [0.2, 0.25) is 0 Å². The van der Waals surface area contributed by atoms with Gasteiger partial charge in [-0.25, -0.2) is 9.37 Å². The van der Waals surface area contributed by atoms with Gasteiger partial charge in [-0.15, -0.1) is 11.3 Å². The maximum atomic E-state index is 13.2. The molecule has 1 aromatic carbocycles. The van der Waals surface area contributed by atoms with E-state index in [9.17, 15) is 4.39 Å². The van der Waals surface area contributed by atoms with Gasteiger partial charge >= 0.3 is 0 Å². The van der Waals surface area contributed by atoms with E-state index in [1.165, 1.54) is 12.1 Å². The highest BCUT2D eigenvalue weighted by Crippen LogP contribution is 2.22. The lowest BCUT2D eigenvalue weighted by molar-refractivity contribution is 0.617. The Bertz CT molecular complexity index is 522. The Morgan fingerprint density at radius 3 is 2.82 bits per heavy atom. The van der Waals surface area contributed by atoms with Crippen LogP contribution in [0.15, 0.2) is 23.6 Å². The highest BCUT2D eigenvalue weighted by molar-refractivity contribution is 7.09. The molecule has 0 saturated heterocycles. The van der Waals surface area contributed by atoms with Crippen molar-refractivity contribution in [3.05, 3.63) is 51.2 Å². The van der Waals surface area contributed by atoms with Gasteiger partial charge in [-0.3, -0.25) is 0 Å². The van der Waals surface area contributed by atoms with E-state index in [2.05, 4.69) is 4.98 Å². The summed E-state index contributed by atoms with van der Waals surface area (Å²) in [4.78, 5) is 4.37. The molecule has 0 bridgehead atoms. The van der Waals surface area contributed by atoms with Gasteiger partial charge in [0.25, 0.3) is 0 Å². The third-order valence-electron chi connectivity index (χ3n) is 2.70. The number of rotatable bonds is 3. The van der Waals surface area contributed by atoms with Gasteiger partial charge in [0.1, 0.15) is 5.82 Å². The topological polar surface area (TPSA) is 38.9 Å². The zero-order chi connectivity index (χ0) is 12.4. The second-order valence-corrected chi connectivity index (χ2v) is 5.14. The van der Waals surface area contributed by atoms with Crippen molar-refractivity contribution in [1.82, 2.24) is 4.98 Å². The second kappa shape index (κ2) is 4.94. The number of aryl methyl sites for hydroxylation is 2. The number of benzene rings is 1. The quantitative estimate of drug-likeness (QED) is 0.909. The molecule has 2 nitrogen and oxygen atoms in total. The normalized spacial score (nSPS) is 12.7. The summed E-state index contributed by atoms with van der Waals surface area (Å²) >= 11 is 1.60. The summed E-state index contributed by atoms with van der Waals surface area (Å²) in [5.74, 6) is -0.239. The molecule has 0 fully saturated rings. The van der Waals surface area contributed by atoms with Gasteiger partial charge in [-0.2, -0.15) is 0 Å². The average Bonchev–Trinajstić information content (AvgIpc) is 2.67. The van der Waals surface area contributed by atoms with Crippen LogP contribution in [0.3, 0.4) is 0 Å². The lowest BCUT2D eigenvalue weighted by atomic mass is 9.99. The Kier molecular flexibility index (Phi) is 3.54. The van der Waals surface area contributed by atoms with Crippen molar-refractivity contribution >= 4 is 11.3 Å². The Morgan fingerprint density at radius 2 is 2.18 bits per heavy atom. The zero-order valence-corrected chi connectivity index (χ0v) is 10.7. The van der Waals surface area contributed by atoms with Crippen LogP contribution >= 0.6 is 11.3 Å². The number of hydrogen-bond donors (Lipinski definition) is 1. The maximum absolute atomic E-state index is 13.2. The summed E-state index contributed by atoms with van der Waals surface area (Å²) in [6.45, 7) is 3.90. The standard InChI is InChI=1S/C13H15FN2S/c1-8-3-4-10(14)5-11(8)12(15)6-13-16-9(2)7-17-13/h3-5,7,12H,6,15H2,1-2H3. The van der Waals surface area contributed by atoms with Gasteiger partial charge in [0.15, 0.2) is 0 Å². The molecule has 2 aromatic rings. The Morgan fingerprint density at radius 1 is 1.41 bits per heavy atom. The van der Waals surface area contributed by atoms with E-state index in [0.29, 0.717) is 6.42 Å². The predicted molar refractivity (Wildman–Crippen MR) is 68.6 cm³/mol. The van der Waals surface area contributed by atoms with Gasteiger partial charge in [0.2, 0.25) is 0 Å². The van der Waals surface area contributed by atoms with E-state index >= 15 is 0 Å². The molecule has 0 aliphatic heterocycles. The highest BCUT2D eigenvalue weighted by atomic mass is 32.1. The van der Waals surface area contributed by atoms with E-state index in [1.54, 1.807) is 17.4 Å². The number of nitrogens with two attached hydrogens (primary N) is 1. The Labute approximate surface area is 104 Å². The first-order valence-corrected chi connectivity index (χ1v) is 6.37. The highest BCUT2D eigenvalue weighted by Gasteiger charge is 2.12. The maximum Gasteiger partial charge on any atom is 0.123 e. The van der Waals surface area contributed by atoms with Crippen LogP contribution in [-0.4, -0.2) is 4.98 Å². The minimum Gasteiger partial charge on any atom is -0.324 e. The second-order valence-electron chi connectivity index (χ2n) is 4.19. The summed E-state index contributed by atoms with van der Waals surface area (Å²) in [6, 6.07) is 4.54. The summed E-state index contributed by atoms with van der Waals surface area (Å²) < 4.78 is 13.2. The van der Waals surface area contributed by atoms with E-state index in [1.807, 2.05) is 19.2 Å². The Hall–Kier alpha value is -1.26. The minimum atomic E-state index is -0.239. The van der Waals surface area contributed by atoms with E-state index in [-0.39, 0.29) is 11.9 Å². The van der Waals surface area contributed by atoms with E-state index in [4.69, 9.17) is 5.73 Å². The summed E-state index contributed by atoms with van der Waals surface area (Å²) in [5.41, 5.74) is 8.99. The molecular weight excluding hydrogens is 235 g/mol. The van der Waals surface area contributed by atoms with Gasteiger partial charge in [0.05, 0.1) is 5.01 Å². The van der Waals surface area contributed by atoms with Gasteiger partial charge in [0, 0.05) is 23.5 Å². The van der Waals surface area contributed by atoms with Crippen LogP contribution in [0.1, 0.15) is 27.9 Å². The van der Waals surface area contributed by atoms with E-state index in [0.717, 1.165) is 21.8 Å². The molecule has 1 heterocycles. The van der Waals surface area contributed by atoms with Crippen molar-refractivity contribution < 1.29 is 4.39 Å². The van der Waals surface area contributed by atoms with Crippen molar-refractivity contribution in [2.45, 2.75) is 26.3 Å². The van der Waals surface area contributed by atoms with Crippen LogP contribution in [0.25, 0.3) is 0 Å². The molecule has 1 atom stereocenters. The number of halogens is 1. The molecule has 1 aromatic heterocycles.